The lowest BCUT2D eigenvalue weighted by molar-refractivity contribution is 0.509. The minimum atomic E-state index is 0.0753. The van der Waals surface area contributed by atoms with Gasteiger partial charge in [-0.25, -0.2) is 0 Å². The summed E-state index contributed by atoms with van der Waals surface area (Å²) in [5.74, 6) is 0. The number of rotatable bonds is 3. The van der Waals surface area contributed by atoms with Gasteiger partial charge in [0.25, 0.3) is 0 Å². The lowest BCUT2D eigenvalue weighted by Gasteiger charge is -2.32. The fourth-order valence-corrected chi connectivity index (χ4v) is 3.25. The summed E-state index contributed by atoms with van der Waals surface area (Å²) < 4.78 is 0. The Bertz CT molecular complexity index is 544. The fraction of sp³-hybridized carbons (Fsp3) is 0.294. The Kier molecular flexibility index (Phi) is 3.48. The maximum absolute atomic E-state index is 6.08. The molecule has 1 aliphatic rings. The van der Waals surface area contributed by atoms with E-state index in [0.717, 1.165) is 10.7 Å². The van der Waals surface area contributed by atoms with Gasteiger partial charge in [0.05, 0.1) is 5.54 Å². The third kappa shape index (κ3) is 2.62. The summed E-state index contributed by atoms with van der Waals surface area (Å²) >= 11 is 6.08. The molecule has 1 fully saturated rings. The van der Waals surface area contributed by atoms with Crippen molar-refractivity contribution in [3.05, 3.63) is 65.2 Å². The van der Waals surface area contributed by atoms with Crippen molar-refractivity contribution in [3.63, 3.8) is 0 Å². The molecular formula is C17H18ClN. The van der Waals surface area contributed by atoms with Crippen molar-refractivity contribution >= 4 is 17.3 Å². The van der Waals surface area contributed by atoms with Crippen molar-refractivity contribution in [1.29, 1.82) is 0 Å². The first-order valence-electron chi connectivity index (χ1n) is 6.88. The van der Waals surface area contributed by atoms with Crippen LogP contribution in [0.3, 0.4) is 0 Å². The SMILES string of the molecule is Clc1cccc(NC2(c3ccccc3)CCCC2)c1. The molecule has 19 heavy (non-hydrogen) atoms. The van der Waals surface area contributed by atoms with Crippen LogP contribution in [-0.2, 0) is 5.54 Å². The van der Waals surface area contributed by atoms with Gasteiger partial charge in [-0.05, 0) is 36.6 Å². The van der Waals surface area contributed by atoms with E-state index in [1.165, 1.54) is 31.2 Å². The molecule has 0 aliphatic heterocycles. The van der Waals surface area contributed by atoms with Gasteiger partial charge in [-0.1, -0.05) is 60.8 Å². The molecule has 1 aliphatic carbocycles. The van der Waals surface area contributed by atoms with E-state index in [4.69, 9.17) is 11.6 Å². The molecule has 2 aromatic carbocycles. The lowest BCUT2D eigenvalue weighted by Crippen LogP contribution is -2.31. The fourth-order valence-electron chi connectivity index (χ4n) is 3.06. The molecule has 0 spiro atoms. The van der Waals surface area contributed by atoms with E-state index in [2.05, 4.69) is 41.7 Å². The van der Waals surface area contributed by atoms with E-state index >= 15 is 0 Å². The van der Waals surface area contributed by atoms with Crippen LogP contribution in [0.2, 0.25) is 5.02 Å². The van der Waals surface area contributed by atoms with Crippen LogP contribution in [0.4, 0.5) is 5.69 Å². The van der Waals surface area contributed by atoms with Gasteiger partial charge in [-0.3, -0.25) is 0 Å². The van der Waals surface area contributed by atoms with Crippen molar-refractivity contribution in [2.45, 2.75) is 31.2 Å². The molecule has 2 heteroatoms. The number of anilines is 1. The second-order valence-electron chi connectivity index (χ2n) is 5.29. The highest BCUT2D eigenvalue weighted by molar-refractivity contribution is 6.30. The highest BCUT2D eigenvalue weighted by atomic mass is 35.5. The monoisotopic (exact) mass is 271 g/mol. The molecule has 0 saturated heterocycles. The van der Waals surface area contributed by atoms with Gasteiger partial charge in [-0.15, -0.1) is 0 Å². The summed E-state index contributed by atoms with van der Waals surface area (Å²) in [4.78, 5) is 0. The van der Waals surface area contributed by atoms with Gasteiger partial charge in [0.15, 0.2) is 0 Å². The van der Waals surface area contributed by atoms with Crippen molar-refractivity contribution in [2.75, 3.05) is 5.32 Å². The van der Waals surface area contributed by atoms with Gasteiger partial charge in [0.1, 0.15) is 0 Å². The van der Waals surface area contributed by atoms with Gasteiger partial charge in [0, 0.05) is 10.7 Å². The van der Waals surface area contributed by atoms with Crippen LogP contribution in [0.5, 0.6) is 0 Å². The highest BCUT2D eigenvalue weighted by Crippen LogP contribution is 2.41. The van der Waals surface area contributed by atoms with Crippen LogP contribution in [-0.4, -0.2) is 0 Å². The Morgan fingerprint density at radius 3 is 2.32 bits per heavy atom. The predicted octanol–water partition coefficient (Wildman–Crippen LogP) is 5.22. The summed E-state index contributed by atoms with van der Waals surface area (Å²) in [6.45, 7) is 0. The molecule has 1 nitrogen and oxygen atoms in total. The molecule has 3 rings (SSSR count). The summed E-state index contributed by atoms with van der Waals surface area (Å²) in [6, 6.07) is 18.8. The number of halogens is 1. The van der Waals surface area contributed by atoms with Crippen molar-refractivity contribution in [1.82, 2.24) is 0 Å². The molecular weight excluding hydrogens is 254 g/mol. The topological polar surface area (TPSA) is 12.0 Å². The smallest absolute Gasteiger partial charge is 0.0625 e. The Balaban J connectivity index is 1.94. The molecule has 0 atom stereocenters. The quantitative estimate of drug-likeness (QED) is 0.807. The Hall–Kier alpha value is -1.47. The van der Waals surface area contributed by atoms with Crippen molar-refractivity contribution < 1.29 is 0 Å². The molecule has 0 bridgehead atoms. The van der Waals surface area contributed by atoms with E-state index in [1.54, 1.807) is 0 Å². The maximum Gasteiger partial charge on any atom is 0.0625 e. The number of hydrogen-bond donors (Lipinski definition) is 1. The lowest BCUT2D eigenvalue weighted by atomic mass is 9.88. The molecule has 1 saturated carbocycles. The van der Waals surface area contributed by atoms with E-state index in [0.29, 0.717) is 0 Å². The Morgan fingerprint density at radius 2 is 1.63 bits per heavy atom. The van der Waals surface area contributed by atoms with Crippen molar-refractivity contribution in [2.24, 2.45) is 0 Å². The minimum absolute atomic E-state index is 0.0753. The molecule has 0 aromatic heterocycles. The molecule has 0 unspecified atom stereocenters. The molecule has 0 amide bonds. The number of hydrogen-bond acceptors (Lipinski definition) is 1. The van der Waals surface area contributed by atoms with Crippen LogP contribution in [0, 0.1) is 0 Å². The average molecular weight is 272 g/mol. The van der Waals surface area contributed by atoms with Crippen LogP contribution < -0.4 is 5.32 Å². The summed E-state index contributed by atoms with van der Waals surface area (Å²) in [5, 5.41) is 4.51. The van der Waals surface area contributed by atoms with Gasteiger partial charge >= 0.3 is 0 Å². The zero-order valence-electron chi connectivity index (χ0n) is 10.9. The van der Waals surface area contributed by atoms with Crippen molar-refractivity contribution in [3.8, 4) is 0 Å². The van der Waals surface area contributed by atoms with Crippen LogP contribution >= 0.6 is 11.6 Å². The first-order valence-corrected chi connectivity index (χ1v) is 7.26. The second-order valence-corrected chi connectivity index (χ2v) is 5.73. The normalized spacial score (nSPS) is 17.3. The van der Waals surface area contributed by atoms with Gasteiger partial charge in [0.2, 0.25) is 0 Å². The molecule has 2 aromatic rings. The van der Waals surface area contributed by atoms with Crippen LogP contribution in [0.25, 0.3) is 0 Å². The third-order valence-corrected chi connectivity index (χ3v) is 4.23. The van der Waals surface area contributed by atoms with E-state index in [1.807, 2.05) is 18.2 Å². The standard InChI is InChI=1S/C17H18ClN/c18-15-9-6-10-16(13-15)19-17(11-4-5-12-17)14-7-2-1-3-8-14/h1-3,6-10,13,19H,4-5,11-12H2. The summed E-state index contributed by atoms with van der Waals surface area (Å²) in [6.07, 6.45) is 4.93. The van der Waals surface area contributed by atoms with Crippen LogP contribution in [0.1, 0.15) is 31.2 Å². The third-order valence-electron chi connectivity index (χ3n) is 3.99. The first kappa shape index (κ1) is 12.6. The molecule has 98 valence electrons. The van der Waals surface area contributed by atoms with E-state index in [9.17, 15) is 0 Å². The van der Waals surface area contributed by atoms with E-state index < -0.39 is 0 Å². The largest absolute Gasteiger partial charge is 0.375 e. The van der Waals surface area contributed by atoms with Gasteiger partial charge < -0.3 is 5.32 Å². The maximum atomic E-state index is 6.08. The number of benzene rings is 2. The zero-order valence-corrected chi connectivity index (χ0v) is 11.7. The second kappa shape index (κ2) is 5.26. The van der Waals surface area contributed by atoms with Gasteiger partial charge in [-0.2, -0.15) is 0 Å². The first-order chi connectivity index (χ1) is 9.28. The molecule has 0 heterocycles. The molecule has 1 N–H and O–H groups in total. The predicted molar refractivity (Wildman–Crippen MR) is 81.7 cm³/mol. The summed E-state index contributed by atoms with van der Waals surface area (Å²) in [5.41, 5.74) is 2.57. The molecule has 0 radical (unpaired) electrons. The summed E-state index contributed by atoms with van der Waals surface area (Å²) in [7, 11) is 0. The minimum Gasteiger partial charge on any atom is -0.375 e. The average Bonchev–Trinajstić information content (AvgIpc) is 2.90. The Labute approximate surface area is 119 Å². The Morgan fingerprint density at radius 1 is 0.895 bits per heavy atom. The number of nitrogens with one attached hydrogen (secondary N) is 1. The highest BCUT2D eigenvalue weighted by Gasteiger charge is 2.35. The van der Waals surface area contributed by atoms with E-state index in [-0.39, 0.29) is 5.54 Å². The van der Waals surface area contributed by atoms with Crippen LogP contribution in [0.15, 0.2) is 54.6 Å². The zero-order chi connectivity index (χ0) is 13.1.